The first kappa shape index (κ1) is 21.9. The summed E-state index contributed by atoms with van der Waals surface area (Å²) >= 11 is 0. The number of anilines is 1. The number of H-pyrrole nitrogens is 1. The Morgan fingerprint density at radius 1 is 1.18 bits per heavy atom. The second kappa shape index (κ2) is 8.13. The zero-order chi connectivity index (χ0) is 24.0. The molecule has 1 fully saturated rings. The highest BCUT2D eigenvalue weighted by atomic mass is 19.4. The number of nitrogens with zero attached hydrogens (tertiary/aromatic N) is 6. The van der Waals surface area contributed by atoms with Crippen molar-refractivity contribution in [3.8, 4) is 23.6 Å². The van der Waals surface area contributed by atoms with Crippen LogP contribution in [-0.2, 0) is 13.2 Å². The number of piperidine rings is 1. The fourth-order valence-corrected chi connectivity index (χ4v) is 4.44. The summed E-state index contributed by atoms with van der Waals surface area (Å²) < 4.78 is 54.9. The molecule has 0 radical (unpaired) electrons. The third-order valence-corrected chi connectivity index (χ3v) is 6.11. The Labute approximate surface area is 191 Å². The quantitative estimate of drug-likeness (QED) is 0.358. The SMILES string of the molecule is C#Cc1n[nH]c2ncnc(N3CCC(c4nc(-c5ccc(F)c(C(F)(F)F)c5)cn4C)CC3)c12. The molecule has 11 heteroatoms. The molecule has 1 aliphatic rings. The van der Waals surface area contributed by atoms with Gasteiger partial charge in [-0.1, -0.05) is 0 Å². The maximum Gasteiger partial charge on any atom is 0.419 e. The minimum atomic E-state index is -4.77. The van der Waals surface area contributed by atoms with Gasteiger partial charge in [0.2, 0.25) is 0 Å². The van der Waals surface area contributed by atoms with Crippen molar-refractivity contribution in [1.29, 1.82) is 0 Å². The second-order valence-corrected chi connectivity index (χ2v) is 8.19. The average Bonchev–Trinajstić information content (AvgIpc) is 3.42. The van der Waals surface area contributed by atoms with Gasteiger partial charge in [-0.15, -0.1) is 6.42 Å². The highest BCUT2D eigenvalue weighted by Gasteiger charge is 2.34. The van der Waals surface area contributed by atoms with Crippen molar-refractivity contribution in [3.63, 3.8) is 0 Å². The van der Waals surface area contributed by atoms with Crippen LogP contribution in [0.2, 0.25) is 0 Å². The smallest absolute Gasteiger partial charge is 0.356 e. The number of benzene rings is 1. The van der Waals surface area contributed by atoms with Gasteiger partial charge in [0.05, 0.1) is 16.6 Å². The fourth-order valence-electron chi connectivity index (χ4n) is 4.44. The number of hydrogen-bond donors (Lipinski definition) is 1. The van der Waals surface area contributed by atoms with E-state index in [1.165, 1.54) is 12.4 Å². The first-order chi connectivity index (χ1) is 16.3. The van der Waals surface area contributed by atoms with Gasteiger partial charge in [0.15, 0.2) is 5.65 Å². The molecule has 0 aliphatic carbocycles. The van der Waals surface area contributed by atoms with Crippen LogP contribution in [0.3, 0.4) is 0 Å². The lowest BCUT2D eigenvalue weighted by molar-refractivity contribution is -0.139. The normalized spacial score (nSPS) is 15.1. The molecule has 0 bridgehead atoms. The molecular formula is C23H19F4N7. The lowest BCUT2D eigenvalue weighted by Crippen LogP contribution is -2.34. The van der Waals surface area contributed by atoms with Gasteiger partial charge in [0.1, 0.15) is 29.5 Å². The molecule has 34 heavy (non-hydrogen) atoms. The number of alkyl halides is 3. The number of nitrogens with one attached hydrogen (secondary N) is 1. The first-order valence-corrected chi connectivity index (χ1v) is 10.6. The Hall–Kier alpha value is -3.94. The molecule has 0 saturated carbocycles. The Balaban J connectivity index is 1.37. The van der Waals surface area contributed by atoms with Gasteiger partial charge in [0, 0.05) is 37.8 Å². The molecule has 0 spiro atoms. The molecule has 3 aromatic heterocycles. The van der Waals surface area contributed by atoms with Crippen molar-refractivity contribution in [2.24, 2.45) is 7.05 Å². The van der Waals surface area contributed by atoms with Crippen LogP contribution in [0.25, 0.3) is 22.3 Å². The highest BCUT2D eigenvalue weighted by Crippen LogP contribution is 2.36. The molecule has 1 N–H and O–H groups in total. The van der Waals surface area contributed by atoms with Crippen LogP contribution in [0, 0.1) is 18.2 Å². The second-order valence-electron chi connectivity index (χ2n) is 8.19. The summed E-state index contributed by atoms with van der Waals surface area (Å²) in [5.74, 6) is 2.84. The standard InChI is InChI=1S/C23H19F4N7/c1-3-17-19-20(32-31-17)28-12-29-22(19)34-8-6-13(7-9-34)21-30-18(11-33(21)2)14-4-5-16(24)15(10-14)23(25,26)27/h1,4-5,10-13H,6-9H2,2H3,(H,28,29,31,32). The molecule has 4 aromatic rings. The van der Waals surface area contributed by atoms with Crippen LogP contribution in [0.1, 0.15) is 35.8 Å². The van der Waals surface area contributed by atoms with Crippen molar-refractivity contribution < 1.29 is 17.6 Å². The van der Waals surface area contributed by atoms with Crippen LogP contribution in [0.5, 0.6) is 0 Å². The minimum Gasteiger partial charge on any atom is -0.356 e. The van der Waals surface area contributed by atoms with Crippen molar-refractivity contribution in [2.75, 3.05) is 18.0 Å². The largest absolute Gasteiger partial charge is 0.419 e. The number of aromatic nitrogens is 6. The van der Waals surface area contributed by atoms with Gasteiger partial charge in [-0.2, -0.15) is 18.3 Å². The van der Waals surface area contributed by atoms with Crippen molar-refractivity contribution in [3.05, 3.63) is 53.6 Å². The molecule has 1 aromatic carbocycles. The van der Waals surface area contributed by atoms with E-state index in [0.717, 1.165) is 36.6 Å². The molecule has 1 aliphatic heterocycles. The van der Waals surface area contributed by atoms with Crippen molar-refractivity contribution in [1.82, 2.24) is 29.7 Å². The predicted octanol–water partition coefficient (Wildman–Crippen LogP) is 4.28. The fraction of sp³-hybridized carbons (Fsp3) is 0.304. The Kier molecular flexibility index (Phi) is 5.23. The third kappa shape index (κ3) is 3.75. The number of halogens is 4. The summed E-state index contributed by atoms with van der Waals surface area (Å²) in [4.78, 5) is 15.3. The average molecular weight is 469 g/mol. The summed E-state index contributed by atoms with van der Waals surface area (Å²) in [5.41, 5.74) is 0.329. The molecular weight excluding hydrogens is 450 g/mol. The topological polar surface area (TPSA) is 75.5 Å². The third-order valence-electron chi connectivity index (χ3n) is 6.11. The van der Waals surface area contributed by atoms with E-state index in [1.807, 2.05) is 11.6 Å². The van der Waals surface area contributed by atoms with Gasteiger partial charge >= 0.3 is 6.18 Å². The Bertz CT molecular complexity index is 1410. The zero-order valence-corrected chi connectivity index (χ0v) is 18.1. The van der Waals surface area contributed by atoms with E-state index in [9.17, 15) is 17.6 Å². The van der Waals surface area contributed by atoms with Gasteiger partial charge in [-0.05, 0) is 37.0 Å². The van der Waals surface area contributed by atoms with Crippen LogP contribution in [0.4, 0.5) is 23.4 Å². The number of aryl methyl sites for hydroxylation is 1. The van der Waals surface area contributed by atoms with Crippen LogP contribution in [0.15, 0.2) is 30.7 Å². The van der Waals surface area contributed by atoms with Gasteiger partial charge in [-0.3, -0.25) is 5.10 Å². The minimum absolute atomic E-state index is 0.103. The molecule has 1 saturated heterocycles. The maximum absolute atomic E-state index is 13.7. The lowest BCUT2D eigenvalue weighted by atomic mass is 9.95. The molecule has 0 amide bonds. The number of aromatic amines is 1. The number of rotatable bonds is 3. The summed E-state index contributed by atoms with van der Waals surface area (Å²) in [6.45, 7) is 1.37. The number of fused-ring (bicyclic) bond motifs is 1. The molecule has 5 rings (SSSR count). The number of imidazole rings is 1. The number of terminal acetylenes is 1. The Morgan fingerprint density at radius 2 is 1.94 bits per heavy atom. The van der Waals surface area contributed by atoms with Crippen LogP contribution < -0.4 is 4.90 Å². The van der Waals surface area contributed by atoms with E-state index in [-0.39, 0.29) is 11.5 Å². The van der Waals surface area contributed by atoms with Crippen LogP contribution >= 0.6 is 0 Å². The monoisotopic (exact) mass is 469 g/mol. The molecule has 0 atom stereocenters. The number of hydrogen-bond acceptors (Lipinski definition) is 5. The van der Waals surface area contributed by atoms with E-state index in [4.69, 9.17) is 6.42 Å². The molecule has 7 nitrogen and oxygen atoms in total. The van der Waals surface area contributed by atoms with E-state index >= 15 is 0 Å². The lowest BCUT2D eigenvalue weighted by Gasteiger charge is -2.32. The molecule has 0 unspecified atom stereocenters. The predicted molar refractivity (Wildman–Crippen MR) is 117 cm³/mol. The van der Waals surface area contributed by atoms with E-state index in [1.54, 1.807) is 6.20 Å². The van der Waals surface area contributed by atoms with Crippen molar-refractivity contribution in [2.45, 2.75) is 24.9 Å². The summed E-state index contributed by atoms with van der Waals surface area (Å²) in [5, 5.41) is 7.63. The molecule has 174 valence electrons. The van der Waals surface area contributed by atoms with Crippen molar-refractivity contribution >= 4 is 16.9 Å². The first-order valence-electron chi connectivity index (χ1n) is 10.6. The summed E-state index contributed by atoms with van der Waals surface area (Å²) in [6, 6.07) is 2.94. The van der Waals surface area contributed by atoms with Gasteiger partial charge in [0.25, 0.3) is 0 Å². The summed E-state index contributed by atoms with van der Waals surface area (Å²) in [6.07, 6.45) is 5.45. The zero-order valence-electron chi connectivity index (χ0n) is 18.1. The highest BCUT2D eigenvalue weighted by molar-refractivity contribution is 5.91. The van der Waals surface area contributed by atoms with E-state index in [0.29, 0.717) is 35.5 Å². The maximum atomic E-state index is 13.7. The van der Waals surface area contributed by atoms with E-state index in [2.05, 4.69) is 36.0 Å². The van der Waals surface area contributed by atoms with Gasteiger partial charge in [-0.25, -0.2) is 19.3 Å². The van der Waals surface area contributed by atoms with Gasteiger partial charge < -0.3 is 9.47 Å². The summed E-state index contributed by atoms with van der Waals surface area (Å²) in [7, 11) is 1.81. The molecule has 4 heterocycles. The Morgan fingerprint density at radius 3 is 2.65 bits per heavy atom. The van der Waals surface area contributed by atoms with Crippen LogP contribution in [-0.4, -0.2) is 42.8 Å². The van der Waals surface area contributed by atoms with E-state index < -0.39 is 17.6 Å².